The lowest BCUT2D eigenvalue weighted by Crippen LogP contribution is -2.48. The molecule has 0 radical (unpaired) electrons. The minimum absolute atomic E-state index is 0.146. The van der Waals surface area contributed by atoms with Gasteiger partial charge in [0.1, 0.15) is 11.6 Å². The van der Waals surface area contributed by atoms with Gasteiger partial charge in [-0.25, -0.2) is 4.79 Å². The molecule has 2 N–H and O–H groups in total. The van der Waals surface area contributed by atoms with Gasteiger partial charge in [0, 0.05) is 24.2 Å². The summed E-state index contributed by atoms with van der Waals surface area (Å²) in [6, 6.07) is 7.21. The van der Waals surface area contributed by atoms with Crippen LogP contribution in [0.25, 0.3) is 10.9 Å². The number of rotatable bonds is 4. The van der Waals surface area contributed by atoms with E-state index in [1.54, 1.807) is 20.8 Å². The Hall–Kier alpha value is -2.83. The zero-order valence-corrected chi connectivity index (χ0v) is 17.5. The summed E-state index contributed by atoms with van der Waals surface area (Å²) in [5, 5.41) is 3.84. The predicted molar refractivity (Wildman–Crippen MR) is 112 cm³/mol. The molecule has 1 saturated heterocycles. The molecule has 0 aliphatic carbocycles. The van der Waals surface area contributed by atoms with Gasteiger partial charge >= 0.3 is 6.09 Å². The average molecular weight is 399 g/mol. The number of ether oxygens (including phenoxy) is 1. The van der Waals surface area contributed by atoms with Gasteiger partial charge < -0.3 is 15.0 Å². The van der Waals surface area contributed by atoms with Gasteiger partial charge in [-0.1, -0.05) is 11.6 Å². The first-order valence-electron chi connectivity index (χ1n) is 10.0. The normalized spacial score (nSPS) is 16.8. The molecule has 1 fully saturated rings. The van der Waals surface area contributed by atoms with Crippen molar-refractivity contribution in [2.75, 3.05) is 13.1 Å². The van der Waals surface area contributed by atoms with Gasteiger partial charge in [-0.3, -0.25) is 14.5 Å². The third-order valence-electron chi connectivity index (χ3n) is 4.95. The summed E-state index contributed by atoms with van der Waals surface area (Å²) >= 11 is 0. The Kier molecular flexibility index (Phi) is 5.96. The molecule has 1 aliphatic rings. The molecule has 1 aromatic carbocycles. The number of aryl methyl sites for hydroxylation is 1. The summed E-state index contributed by atoms with van der Waals surface area (Å²) in [5.41, 5.74) is 1.79. The van der Waals surface area contributed by atoms with Gasteiger partial charge in [0.25, 0.3) is 5.56 Å². The molecule has 1 aromatic heterocycles. The lowest BCUT2D eigenvalue weighted by atomic mass is 10.1. The van der Waals surface area contributed by atoms with Crippen LogP contribution in [0.1, 0.15) is 44.7 Å². The summed E-state index contributed by atoms with van der Waals surface area (Å²) in [4.78, 5) is 41.6. The number of nitrogens with zero attached hydrogens (tertiary/aromatic N) is 1. The number of H-pyrrole nitrogens is 1. The number of carbonyl (C=O) groups is 2. The molecule has 7 heteroatoms. The number of fused-ring (bicyclic) bond motifs is 1. The molecular weight excluding hydrogens is 370 g/mol. The number of likely N-dealkylation sites (tertiary alicyclic amines) is 1. The molecule has 2 amide bonds. The number of hydrogen-bond donors (Lipinski definition) is 2. The minimum Gasteiger partial charge on any atom is -0.444 e. The second-order valence-electron chi connectivity index (χ2n) is 8.59. The molecule has 29 heavy (non-hydrogen) atoms. The maximum Gasteiger partial charge on any atom is 0.410 e. The van der Waals surface area contributed by atoms with Crippen LogP contribution in [0, 0.1) is 6.92 Å². The highest BCUT2D eigenvalue weighted by Crippen LogP contribution is 2.21. The van der Waals surface area contributed by atoms with Crippen LogP contribution in [-0.2, 0) is 16.0 Å². The maximum atomic E-state index is 12.6. The van der Waals surface area contributed by atoms with Crippen LogP contribution in [-0.4, -0.2) is 46.6 Å². The summed E-state index contributed by atoms with van der Waals surface area (Å²) in [5.74, 6) is -0.207. The van der Waals surface area contributed by atoms with E-state index in [0.717, 1.165) is 22.9 Å². The van der Waals surface area contributed by atoms with Crippen molar-refractivity contribution in [2.45, 2.75) is 58.6 Å². The maximum absolute atomic E-state index is 12.6. The van der Waals surface area contributed by atoms with Crippen molar-refractivity contribution < 1.29 is 14.3 Å². The predicted octanol–water partition coefficient (Wildman–Crippen LogP) is 2.89. The standard InChI is InChI=1S/C22H29N3O4/c1-14-7-8-17-16(12-14)13-15(19(26)24-17)9-10-23-20(27)18-6-5-11-25(18)21(28)29-22(2,3)4/h7-8,12-13,18H,5-6,9-11H2,1-4H3,(H,23,27)(H,24,26). The van der Waals surface area contributed by atoms with Gasteiger partial charge in [-0.2, -0.15) is 0 Å². The number of amides is 2. The van der Waals surface area contributed by atoms with Crippen LogP contribution >= 0.6 is 0 Å². The smallest absolute Gasteiger partial charge is 0.410 e. The van der Waals surface area contributed by atoms with Gasteiger partial charge in [0.2, 0.25) is 5.91 Å². The fraction of sp³-hybridized carbons (Fsp3) is 0.500. The number of carbonyl (C=O) groups excluding carboxylic acids is 2. The second kappa shape index (κ2) is 8.27. The Balaban J connectivity index is 1.61. The van der Waals surface area contributed by atoms with Gasteiger partial charge in [0.05, 0.1) is 0 Å². The molecule has 156 valence electrons. The molecule has 7 nitrogen and oxygen atoms in total. The lowest BCUT2D eigenvalue weighted by Gasteiger charge is -2.28. The topological polar surface area (TPSA) is 91.5 Å². The molecular formula is C22H29N3O4. The first-order valence-corrected chi connectivity index (χ1v) is 10.0. The van der Waals surface area contributed by atoms with E-state index in [2.05, 4.69) is 10.3 Å². The fourth-order valence-electron chi connectivity index (χ4n) is 3.57. The van der Waals surface area contributed by atoms with Gasteiger partial charge in [0.15, 0.2) is 0 Å². The van der Waals surface area contributed by atoms with E-state index < -0.39 is 17.7 Å². The SMILES string of the molecule is Cc1ccc2[nH]c(=O)c(CCNC(=O)C3CCCN3C(=O)OC(C)(C)C)cc2c1. The highest BCUT2D eigenvalue weighted by Gasteiger charge is 2.36. The Morgan fingerprint density at radius 2 is 2.03 bits per heavy atom. The molecule has 0 saturated carbocycles. The van der Waals surface area contributed by atoms with Gasteiger partial charge in [-0.15, -0.1) is 0 Å². The van der Waals surface area contributed by atoms with Crippen LogP contribution in [0.5, 0.6) is 0 Å². The van der Waals surface area contributed by atoms with Crippen LogP contribution in [0.4, 0.5) is 4.79 Å². The Morgan fingerprint density at radius 3 is 2.76 bits per heavy atom. The fourth-order valence-corrected chi connectivity index (χ4v) is 3.57. The molecule has 3 rings (SSSR count). The van der Waals surface area contributed by atoms with Crippen molar-refractivity contribution in [2.24, 2.45) is 0 Å². The lowest BCUT2D eigenvalue weighted by molar-refractivity contribution is -0.125. The van der Waals surface area contributed by atoms with E-state index >= 15 is 0 Å². The van der Waals surface area contributed by atoms with Crippen LogP contribution in [0.15, 0.2) is 29.1 Å². The summed E-state index contributed by atoms with van der Waals surface area (Å²) in [6.45, 7) is 8.26. The van der Waals surface area contributed by atoms with Crippen molar-refractivity contribution in [3.8, 4) is 0 Å². The minimum atomic E-state index is -0.601. The first-order chi connectivity index (χ1) is 13.6. The van der Waals surface area contributed by atoms with Crippen molar-refractivity contribution in [3.63, 3.8) is 0 Å². The number of aromatic nitrogens is 1. The van der Waals surface area contributed by atoms with Crippen molar-refractivity contribution in [1.29, 1.82) is 0 Å². The molecule has 2 aromatic rings. The van der Waals surface area contributed by atoms with Gasteiger partial charge in [-0.05, 0) is 70.5 Å². The Bertz CT molecular complexity index is 974. The van der Waals surface area contributed by atoms with Crippen LogP contribution < -0.4 is 10.9 Å². The number of aromatic amines is 1. The summed E-state index contributed by atoms with van der Waals surface area (Å²) < 4.78 is 5.40. The second-order valence-corrected chi connectivity index (χ2v) is 8.59. The summed E-state index contributed by atoms with van der Waals surface area (Å²) in [6.07, 6.45) is 1.34. The largest absolute Gasteiger partial charge is 0.444 e. The zero-order valence-electron chi connectivity index (χ0n) is 17.5. The quantitative estimate of drug-likeness (QED) is 0.827. The van der Waals surface area contributed by atoms with Crippen LogP contribution in [0.3, 0.4) is 0 Å². The van der Waals surface area contributed by atoms with E-state index in [9.17, 15) is 14.4 Å². The number of nitrogens with one attached hydrogen (secondary N) is 2. The van der Waals surface area contributed by atoms with E-state index in [4.69, 9.17) is 4.74 Å². The van der Waals surface area contributed by atoms with E-state index in [0.29, 0.717) is 31.5 Å². The van der Waals surface area contributed by atoms with Crippen LogP contribution in [0.2, 0.25) is 0 Å². The Labute approximate surface area is 170 Å². The molecule has 0 bridgehead atoms. The molecule has 1 aliphatic heterocycles. The number of hydrogen-bond acceptors (Lipinski definition) is 4. The Morgan fingerprint density at radius 1 is 1.28 bits per heavy atom. The average Bonchev–Trinajstić information content (AvgIpc) is 3.11. The third-order valence-corrected chi connectivity index (χ3v) is 4.95. The molecule has 0 spiro atoms. The monoisotopic (exact) mass is 399 g/mol. The highest BCUT2D eigenvalue weighted by molar-refractivity contribution is 5.86. The molecule has 1 atom stereocenters. The van der Waals surface area contributed by atoms with Crippen molar-refractivity contribution in [1.82, 2.24) is 15.2 Å². The third kappa shape index (κ3) is 5.16. The zero-order chi connectivity index (χ0) is 21.2. The highest BCUT2D eigenvalue weighted by atomic mass is 16.6. The van der Waals surface area contributed by atoms with E-state index in [1.807, 2.05) is 31.2 Å². The van der Waals surface area contributed by atoms with E-state index in [-0.39, 0.29) is 11.5 Å². The van der Waals surface area contributed by atoms with Crippen molar-refractivity contribution in [3.05, 3.63) is 45.7 Å². The first kappa shape index (κ1) is 20.9. The van der Waals surface area contributed by atoms with Crippen molar-refractivity contribution >= 4 is 22.9 Å². The summed E-state index contributed by atoms with van der Waals surface area (Å²) in [7, 11) is 0. The molecule has 2 heterocycles. The number of pyridine rings is 1. The molecule has 1 unspecified atom stereocenters. The van der Waals surface area contributed by atoms with E-state index in [1.165, 1.54) is 4.90 Å². The number of benzene rings is 1.